The minimum absolute atomic E-state index is 0.144. The largest absolute Gasteiger partial charge is 0.477 e. The van der Waals surface area contributed by atoms with Gasteiger partial charge in [-0.25, -0.2) is 14.3 Å². The van der Waals surface area contributed by atoms with Crippen LogP contribution < -0.4 is 0 Å². The SMILES string of the molecule is Cc1cc(C(=O)O)n2nc(C(F)(F)F)cc2n1. The van der Waals surface area contributed by atoms with Gasteiger partial charge in [0.2, 0.25) is 0 Å². The first-order valence-corrected chi connectivity index (χ1v) is 4.47. The lowest BCUT2D eigenvalue weighted by atomic mass is 10.3. The first-order valence-electron chi connectivity index (χ1n) is 4.47. The summed E-state index contributed by atoms with van der Waals surface area (Å²) >= 11 is 0. The predicted octanol–water partition coefficient (Wildman–Crippen LogP) is 1.75. The second-order valence-electron chi connectivity index (χ2n) is 3.39. The van der Waals surface area contributed by atoms with Gasteiger partial charge in [-0.2, -0.15) is 18.3 Å². The molecule has 0 aliphatic rings. The fraction of sp³-hybridized carbons (Fsp3) is 0.222. The number of alkyl halides is 3. The van der Waals surface area contributed by atoms with Gasteiger partial charge in [0.1, 0.15) is 0 Å². The molecular weight excluding hydrogens is 239 g/mol. The molecule has 8 heteroatoms. The molecule has 2 aromatic rings. The lowest BCUT2D eigenvalue weighted by molar-refractivity contribution is -0.141. The summed E-state index contributed by atoms with van der Waals surface area (Å²) in [6.45, 7) is 1.49. The van der Waals surface area contributed by atoms with Gasteiger partial charge in [0.25, 0.3) is 0 Å². The number of carboxylic acids is 1. The van der Waals surface area contributed by atoms with Gasteiger partial charge in [0.15, 0.2) is 17.0 Å². The Kier molecular flexibility index (Phi) is 2.30. The van der Waals surface area contributed by atoms with Crippen LogP contribution in [0.5, 0.6) is 0 Å². The van der Waals surface area contributed by atoms with E-state index in [1.54, 1.807) is 0 Å². The van der Waals surface area contributed by atoms with Crippen molar-refractivity contribution in [3.8, 4) is 0 Å². The number of halogens is 3. The van der Waals surface area contributed by atoms with E-state index in [1.807, 2.05) is 0 Å². The number of rotatable bonds is 1. The molecule has 0 aliphatic carbocycles. The highest BCUT2D eigenvalue weighted by atomic mass is 19.4. The molecule has 0 bridgehead atoms. The minimum Gasteiger partial charge on any atom is -0.477 e. The molecule has 0 aliphatic heterocycles. The topological polar surface area (TPSA) is 67.5 Å². The summed E-state index contributed by atoms with van der Waals surface area (Å²) in [6, 6.07) is 1.86. The molecule has 0 amide bonds. The molecule has 0 unspecified atom stereocenters. The third kappa shape index (κ3) is 1.93. The highest BCUT2D eigenvalue weighted by Gasteiger charge is 2.34. The lowest BCUT2D eigenvalue weighted by Crippen LogP contribution is -2.10. The van der Waals surface area contributed by atoms with E-state index in [4.69, 9.17) is 5.11 Å². The molecule has 0 saturated carbocycles. The lowest BCUT2D eigenvalue weighted by Gasteiger charge is -2.01. The molecule has 2 heterocycles. The second kappa shape index (κ2) is 3.44. The van der Waals surface area contributed by atoms with Gasteiger partial charge in [-0.1, -0.05) is 0 Å². The summed E-state index contributed by atoms with van der Waals surface area (Å²) in [5, 5.41) is 12.0. The molecule has 0 aromatic carbocycles. The minimum atomic E-state index is -4.63. The van der Waals surface area contributed by atoms with Crippen LogP contribution in [0, 0.1) is 6.92 Å². The zero-order valence-corrected chi connectivity index (χ0v) is 8.49. The Labute approximate surface area is 92.5 Å². The van der Waals surface area contributed by atoms with E-state index in [2.05, 4.69) is 10.1 Å². The molecule has 0 spiro atoms. The summed E-state index contributed by atoms with van der Waals surface area (Å²) in [5.74, 6) is -1.36. The first kappa shape index (κ1) is 11.4. The number of aryl methyl sites for hydroxylation is 1. The number of aromatic nitrogens is 3. The first-order chi connectivity index (χ1) is 7.79. The van der Waals surface area contributed by atoms with Gasteiger partial charge < -0.3 is 5.11 Å². The number of aromatic carboxylic acids is 1. The maximum Gasteiger partial charge on any atom is 0.435 e. The maximum absolute atomic E-state index is 12.4. The smallest absolute Gasteiger partial charge is 0.435 e. The van der Waals surface area contributed by atoms with Crippen LogP contribution in [0.2, 0.25) is 0 Å². The van der Waals surface area contributed by atoms with E-state index in [9.17, 15) is 18.0 Å². The van der Waals surface area contributed by atoms with Crippen LogP contribution in [0.3, 0.4) is 0 Å². The van der Waals surface area contributed by atoms with Crippen LogP contribution >= 0.6 is 0 Å². The van der Waals surface area contributed by atoms with Crippen molar-refractivity contribution in [1.82, 2.24) is 14.6 Å². The Morgan fingerprint density at radius 1 is 1.41 bits per heavy atom. The van der Waals surface area contributed by atoms with Crippen molar-refractivity contribution in [2.45, 2.75) is 13.1 Å². The monoisotopic (exact) mass is 245 g/mol. The molecule has 2 aromatic heterocycles. The third-order valence-corrected chi connectivity index (χ3v) is 2.06. The normalized spacial score (nSPS) is 12.0. The Morgan fingerprint density at radius 3 is 2.59 bits per heavy atom. The molecule has 5 nitrogen and oxygen atoms in total. The standard InChI is InChI=1S/C9H6F3N3O2/c1-4-2-5(8(16)17)15-7(13-4)3-6(14-15)9(10,11)12/h2-3H,1H3,(H,16,17). The van der Waals surface area contributed by atoms with Crippen molar-refractivity contribution in [3.05, 3.63) is 29.2 Å². The van der Waals surface area contributed by atoms with Crippen LogP contribution in [0.1, 0.15) is 21.9 Å². The van der Waals surface area contributed by atoms with Gasteiger partial charge in [0, 0.05) is 11.8 Å². The maximum atomic E-state index is 12.4. The van der Waals surface area contributed by atoms with Gasteiger partial charge in [-0.3, -0.25) is 0 Å². The van der Waals surface area contributed by atoms with Gasteiger partial charge in [-0.05, 0) is 13.0 Å². The number of nitrogens with zero attached hydrogens (tertiary/aromatic N) is 3. The molecule has 0 atom stereocenters. The van der Waals surface area contributed by atoms with Crippen LogP contribution in [-0.2, 0) is 6.18 Å². The van der Waals surface area contributed by atoms with Crippen molar-refractivity contribution < 1.29 is 23.1 Å². The zero-order chi connectivity index (χ0) is 12.8. The molecule has 90 valence electrons. The van der Waals surface area contributed by atoms with E-state index in [1.165, 1.54) is 6.92 Å². The Hall–Kier alpha value is -2.12. The van der Waals surface area contributed by atoms with Crippen LogP contribution in [-0.4, -0.2) is 25.7 Å². The van der Waals surface area contributed by atoms with Crippen molar-refractivity contribution in [2.75, 3.05) is 0 Å². The highest BCUT2D eigenvalue weighted by molar-refractivity contribution is 5.86. The summed E-state index contributed by atoms with van der Waals surface area (Å²) in [5.41, 5.74) is -1.36. The van der Waals surface area contributed by atoms with Crippen LogP contribution in [0.15, 0.2) is 12.1 Å². The van der Waals surface area contributed by atoms with Crippen molar-refractivity contribution in [3.63, 3.8) is 0 Å². The number of fused-ring (bicyclic) bond motifs is 1. The molecule has 1 N–H and O–H groups in total. The molecule has 0 saturated heterocycles. The van der Waals surface area contributed by atoms with E-state index in [-0.39, 0.29) is 11.3 Å². The Morgan fingerprint density at radius 2 is 2.06 bits per heavy atom. The summed E-state index contributed by atoms with van der Waals surface area (Å²) < 4.78 is 37.9. The van der Waals surface area contributed by atoms with Crippen molar-refractivity contribution in [2.24, 2.45) is 0 Å². The summed E-state index contributed by atoms with van der Waals surface area (Å²) in [6.07, 6.45) is -4.63. The Balaban J connectivity index is 2.76. The van der Waals surface area contributed by atoms with Crippen molar-refractivity contribution in [1.29, 1.82) is 0 Å². The molecule has 0 radical (unpaired) electrons. The number of carboxylic acid groups (broad SMARTS) is 1. The van der Waals surface area contributed by atoms with E-state index < -0.39 is 17.8 Å². The fourth-order valence-electron chi connectivity index (χ4n) is 1.39. The quantitative estimate of drug-likeness (QED) is 0.831. The Bertz CT molecular complexity index is 603. The average Bonchev–Trinajstić information content (AvgIpc) is 2.58. The van der Waals surface area contributed by atoms with Gasteiger partial charge in [0.05, 0.1) is 0 Å². The van der Waals surface area contributed by atoms with Crippen LogP contribution in [0.4, 0.5) is 13.2 Å². The third-order valence-electron chi connectivity index (χ3n) is 2.06. The summed E-state index contributed by atoms with van der Waals surface area (Å²) in [4.78, 5) is 14.6. The molecular formula is C9H6F3N3O2. The van der Waals surface area contributed by atoms with Gasteiger partial charge in [-0.15, -0.1) is 0 Å². The molecule has 17 heavy (non-hydrogen) atoms. The van der Waals surface area contributed by atoms with E-state index in [0.29, 0.717) is 16.3 Å². The number of hydrogen-bond acceptors (Lipinski definition) is 3. The zero-order valence-electron chi connectivity index (χ0n) is 8.49. The molecule has 0 fully saturated rings. The average molecular weight is 245 g/mol. The van der Waals surface area contributed by atoms with E-state index >= 15 is 0 Å². The fourth-order valence-corrected chi connectivity index (χ4v) is 1.39. The van der Waals surface area contributed by atoms with E-state index in [0.717, 1.165) is 6.07 Å². The molecule has 2 rings (SSSR count). The highest BCUT2D eigenvalue weighted by Crippen LogP contribution is 2.28. The number of carbonyl (C=O) groups is 1. The van der Waals surface area contributed by atoms with Crippen molar-refractivity contribution >= 4 is 11.6 Å². The summed E-state index contributed by atoms with van der Waals surface area (Å²) in [7, 11) is 0. The van der Waals surface area contributed by atoms with Crippen LogP contribution in [0.25, 0.3) is 5.65 Å². The predicted molar refractivity (Wildman–Crippen MR) is 49.7 cm³/mol. The van der Waals surface area contributed by atoms with Gasteiger partial charge >= 0.3 is 12.1 Å². The second-order valence-corrected chi connectivity index (χ2v) is 3.39. The number of hydrogen-bond donors (Lipinski definition) is 1.